The molecule has 2 N–H and O–H groups in total. The number of pyridine rings is 2. The van der Waals surface area contributed by atoms with E-state index in [0.717, 1.165) is 71.6 Å². The number of aromatic amines is 1. The summed E-state index contributed by atoms with van der Waals surface area (Å²) in [5.74, 6) is 0. The fourth-order valence-electron chi connectivity index (χ4n) is 6.07. The average molecular weight is 482 g/mol. The number of benzene rings is 1. The molecule has 3 aromatic heterocycles. The van der Waals surface area contributed by atoms with Gasteiger partial charge in [-0.05, 0) is 97.3 Å². The Morgan fingerprint density at radius 1 is 1.08 bits per heavy atom. The van der Waals surface area contributed by atoms with E-state index in [1.165, 1.54) is 22.3 Å². The van der Waals surface area contributed by atoms with Gasteiger partial charge >= 0.3 is 6.09 Å². The summed E-state index contributed by atoms with van der Waals surface area (Å²) in [6.07, 6.45) is 4.83. The van der Waals surface area contributed by atoms with Gasteiger partial charge < -0.3 is 15.0 Å². The third-order valence-electron chi connectivity index (χ3n) is 7.63. The highest BCUT2D eigenvalue weighted by atomic mass is 16.4. The largest absolute Gasteiger partial charge is 0.465 e. The zero-order valence-electron chi connectivity index (χ0n) is 21.0. The second kappa shape index (κ2) is 8.75. The Hall–Kier alpha value is -3.71. The van der Waals surface area contributed by atoms with Crippen LogP contribution >= 0.6 is 0 Å². The van der Waals surface area contributed by atoms with Gasteiger partial charge in [-0.2, -0.15) is 0 Å². The summed E-state index contributed by atoms with van der Waals surface area (Å²) in [5, 5.41) is 11.0. The van der Waals surface area contributed by atoms with Crippen LogP contribution in [0.25, 0.3) is 22.2 Å². The van der Waals surface area contributed by atoms with Gasteiger partial charge in [0.15, 0.2) is 0 Å². The molecule has 4 aromatic rings. The van der Waals surface area contributed by atoms with E-state index in [9.17, 15) is 9.90 Å². The molecule has 6 rings (SSSR count). The number of aryl methyl sites for hydroxylation is 3. The third kappa shape index (κ3) is 4.03. The van der Waals surface area contributed by atoms with Crippen molar-refractivity contribution in [2.75, 3.05) is 6.54 Å². The number of carbonyl (C=O) groups is 1. The molecule has 1 aromatic carbocycles. The molecule has 2 aliphatic rings. The van der Waals surface area contributed by atoms with E-state index in [0.29, 0.717) is 6.54 Å². The van der Waals surface area contributed by atoms with E-state index in [2.05, 4.69) is 57.1 Å². The molecule has 7 heteroatoms. The number of nitrogens with one attached hydrogen (secondary N) is 1. The van der Waals surface area contributed by atoms with E-state index in [-0.39, 0.29) is 6.04 Å². The first kappa shape index (κ1) is 22.7. The third-order valence-corrected chi connectivity index (χ3v) is 7.63. The second-order valence-corrected chi connectivity index (χ2v) is 10.3. The van der Waals surface area contributed by atoms with Crippen LogP contribution in [0.3, 0.4) is 0 Å². The van der Waals surface area contributed by atoms with Crippen LogP contribution in [0.4, 0.5) is 4.79 Å². The van der Waals surface area contributed by atoms with E-state index >= 15 is 0 Å². The van der Waals surface area contributed by atoms with Crippen LogP contribution in [0.2, 0.25) is 0 Å². The predicted octanol–water partition coefficient (Wildman–Crippen LogP) is 5.88. The van der Waals surface area contributed by atoms with Crippen molar-refractivity contribution >= 4 is 17.1 Å². The van der Waals surface area contributed by atoms with Gasteiger partial charge in [0.1, 0.15) is 5.65 Å². The van der Waals surface area contributed by atoms with Crippen LogP contribution in [0.1, 0.15) is 58.1 Å². The summed E-state index contributed by atoms with van der Waals surface area (Å²) in [5.41, 5.74) is 11.3. The molecule has 2 aliphatic heterocycles. The predicted molar refractivity (Wildman–Crippen MR) is 140 cm³/mol. The molecule has 1 amide bonds. The van der Waals surface area contributed by atoms with E-state index < -0.39 is 6.09 Å². The standard InChI is InChI=1S/C29H31N5O2/c1-17-12-30-28-24(17)11-22(13-31-28)21-9-23-15-33(14-20-7-18(2)32-19(3)8-20)16-26(23)25(10-21)27-5-4-6-34(27)29(35)36/h7-13,27H,4-6,14-16H2,1-3H3,(H,30,31)(H,35,36)/t27-/m0/s1. The molecule has 7 nitrogen and oxygen atoms in total. The van der Waals surface area contributed by atoms with Crippen molar-refractivity contribution in [3.63, 3.8) is 0 Å². The normalized spacial score (nSPS) is 17.8. The quantitative estimate of drug-likeness (QED) is 0.380. The van der Waals surface area contributed by atoms with Gasteiger partial charge in [-0.3, -0.25) is 9.88 Å². The number of likely N-dealkylation sites (tertiary alicyclic amines) is 1. The van der Waals surface area contributed by atoms with Gasteiger partial charge in [0.05, 0.1) is 6.04 Å². The number of carboxylic acid groups (broad SMARTS) is 1. The number of aromatic nitrogens is 3. The summed E-state index contributed by atoms with van der Waals surface area (Å²) in [6, 6.07) is 10.9. The number of hydrogen-bond acceptors (Lipinski definition) is 4. The van der Waals surface area contributed by atoms with Gasteiger partial charge in [-0.25, -0.2) is 9.78 Å². The van der Waals surface area contributed by atoms with Crippen molar-refractivity contribution in [1.82, 2.24) is 24.8 Å². The lowest BCUT2D eigenvalue weighted by molar-refractivity contribution is 0.140. The zero-order valence-corrected chi connectivity index (χ0v) is 21.0. The highest BCUT2D eigenvalue weighted by molar-refractivity contribution is 5.84. The molecule has 1 atom stereocenters. The number of fused-ring (bicyclic) bond motifs is 2. The number of nitrogens with zero attached hydrogens (tertiary/aromatic N) is 4. The molecular formula is C29H31N5O2. The minimum Gasteiger partial charge on any atom is -0.465 e. The molecule has 0 radical (unpaired) electrons. The zero-order chi connectivity index (χ0) is 25.0. The average Bonchev–Trinajstić information content (AvgIpc) is 3.56. The second-order valence-electron chi connectivity index (χ2n) is 10.3. The smallest absolute Gasteiger partial charge is 0.407 e. The monoisotopic (exact) mass is 481 g/mol. The molecule has 5 heterocycles. The first-order valence-electron chi connectivity index (χ1n) is 12.6. The molecule has 0 unspecified atom stereocenters. The SMILES string of the molecule is Cc1cc(CN2Cc3cc(-c4cnc5[nH]cc(C)c5c4)cc([C@@H]4CCCN4C(=O)O)c3C2)cc(C)n1. The van der Waals surface area contributed by atoms with Gasteiger partial charge in [0.2, 0.25) is 0 Å². The number of rotatable bonds is 4. The molecule has 0 spiro atoms. The Morgan fingerprint density at radius 2 is 1.89 bits per heavy atom. The molecule has 1 fully saturated rings. The van der Waals surface area contributed by atoms with E-state index in [1.54, 1.807) is 4.90 Å². The summed E-state index contributed by atoms with van der Waals surface area (Å²) in [4.78, 5) is 28.5. The number of amides is 1. The van der Waals surface area contributed by atoms with E-state index in [4.69, 9.17) is 0 Å². The van der Waals surface area contributed by atoms with Gasteiger partial charge in [0.25, 0.3) is 0 Å². The van der Waals surface area contributed by atoms with E-state index in [1.807, 2.05) is 26.2 Å². The molecule has 0 aliphatic carbocycles. The summed E-state index contributed by atoms with van der Waals surface area (Å²) in [7, 11) is 0. The summed E-state index contributed by atoms with van der Waals surface area (Å²) >= 11 is 0. The molecule has 1 saturated heterocycles. The Labute approximate surface area is 210 Å². The Morgan fingerprint density at radius 3 is 2.67 bits per heavy atom. The molecule has 184 valence electrons. The van der Waals surface area contributed by atoms with Crippen LogP contribution in [-0.4, -0.2) is 42.5 Å². The topological polar surface area (TPSA) is 85.4 Å². The van der Waals surface area contributed by atoms with Gasteiger partial charge in [0, 0.05) is 60.9 Å². The van der Waals surface area contributed by atoms with Crippen LogP contribution in [0.15, 0.2) is 42.7 Å². The number of hydrogen-bond donors (Lipinski definition) is 2. The summed E-state index contributed by atoms with van der Waals surface area (Å²) < 4.78 is 0. The first-order chi connectivity index (χ1) is 17.4. The van der Waals surface area contributed by atoms with Crippen molar-refractivity contribution < 1.29 is 9.90 Å². The van der Waals surface area contributed by atoms with Crippen molar-refractivity contribution in [3.05, 3.63) is 81.9 Å². The Bertz CT molecular complexity index is 1470. The molecule has 0 saturated carbocycles. The maximum atomic E-state index is 12.1. The van der Waals surface area contributed by atoms with Crippen molar-refractivity contribution in [2.24, 2.45) is 0 Å². The van der Waals surface area contributed by atoms with Crippen LogP contribution in [0, 0.1) is 20.8 Å². The minimum absolute atomic E-state index is 0.104. The van der Waals surface area contributed by atoms with Crippen molar-refractivity contribution in [3.8, 4) is 11.1 Å². The van der Waals surface area contributed by atoms with Crippen LogP contribution < -0.4 is 0 Å². The van der Waals surface area contributed by atoms with Gasteiger partial charge in [-0.15, -0.1) is 0 Å². The highest BCUT2D eigenvalue weighted by Gasteiger charge is 2.34. The van der Waals surface area contributed by atoms with Crippen molar-refractivity contribution in [2.45, 2.75) is 59.3 Å². The van der Waals surface area contributed by atoms with Crippen LogP contribution in [0.5, 0.6) is 0 Å². The summed E-state index contributed by atoms with van der Waals surface area (Å²) in [6.45, 7) is 9.26. The fraction of sp³-hybridized carbons (Fsp3) is 0.345. The molecule has 36 heavy (non-hydrogen) atoms. The molecule has 0 bridgehead atoms. The maximum Gasteiger partial charge on any atom is 0.407 e. The lowest BCUT2D eigenvalue weighted by atomic mass is 9.91. The Kier molecular flexibility index (Phi) is 5.52. The van der Waals surface area contributed by atoms with Gasteiger partial charge in [-0.1, -0.05) is 0 Å². The lowest BCUT2D eigenvalue weighted by Crippen LogP contribution is -2.29. The fourth-order valence-corrected chi connectivity index (χ4v) is 6.07. The highest BCUT2D eigenvalue weighted by Crippen LogP contribution is 2.41. The van der Waals surface area contributed by atoms with Crippen molar-refractivity contribution in [1.29, 1.82) is 0 Å². The van der Waals surface area contributed by atoms with Crippen LogP contribution in [-0.2, 0) is 19.6 Å². The molecular weight excluding hydrogens is 450 g/mol. The first-order valence-corrected chi connectivity index (χ1v) is 12.6. The Balaban J connectivity index is 1.41. The maximum absolute atomic E-state index is 12.1. The lowest BCUT2D eigenvalue weighted by Gasteiger charge is -2.25. The minimum atomic E-state index is -0.833. The number of H-pyrrole nitrogens is 1.